The van der Waals surface area contributed by atoms with E-state index in [0.717, 1.165) is 88.5 Å². The predicted octanol–water partition coefficient (Wildman–Crippen LogP) is 17.0. The smallest absolute Gasteiger partial charge is 0.326 e. The first-order chi connectivity index (χ1) is 31.3. The van der Waals surface area contributed by atoms with E-state index in [0.29, 0.717) is 0 Å². The molecule has 0 spiro atoms. The van der Waals surface area contributed by atoms with Crippen LogP contribution in [0.15, 0.2) is 146 Å². The third-order valence-corrected chi connectivity index (χ3v) is 16.0. The van der Waals surface area contributed by atoms with Crippen molar-refractivity contribution >= 4 is 48.9 Å². The maximum Gasteiger partial charge on any atom is 0.326 e. The van der Waals surface area contributed by atoms with Crippen molar-refractivity contribution in [2.75, 3.05) is 0 Å². The molecule has 2 heterocycles. The molecule has 0 radical (unpaired) electrons. The van der Waals surface area contributed by atoms with E-state index in [9.17, 15) is 0 Å². The van der Waals surface area contributed by atoms with Crippen LogP contribution in [0, 0.1) is 0 Å². The van der Waals surface area contributed by atoms with Crippen molar-refractivity contribution < 1.29 is 18.1 Å². The first-order valence-electron chi connectivity index (χ1n) is 23.2. The van der Waals surface area contributed by atoms with Crippen molar-refractivity contribution in [3.05, 3.63) is 168 Å². The largest absolute Gasteiger partial charge is 0.435 e. The summed E-state index contributed by atoms with van der Waals surface area (Å²) in [7, 11) is -3.27. The van der Waals surface area contributed by atoms with Gasteiger partial charge in [0, 0.05) is 33.4 Å². The van der Waals surface area contributed by atoms with Crippen LogP contribution in [-0.4, -0.2) is 0 Å². The normalized spacial score (nSPS) is 15.8. The van der Waals surface area contributed by atoms with Gasteiger partial charge < -0.3 is 18.1 Å². The highest BCUT2D eigenvalue weighted by molar-refractivity contribution is 7.57. The standard InChI is InChI=1S/C60H60O4P2/c1-57(2,3)39-33-45-43-25-17-19-27-51(43)65(63-55(45)47(35-39)59(7,8)9)61-49-31-29-37-21-13-15-23-41(37)53(49)54-42-24-16-14-22-38(42)30-32-50(54)62-66-52-28-20-18-26-44(52)46-34-40(58(4,5)6)36-48(56(46)64-66)60(10,11)12/h13-36H,1-12H3. The molecule has 0 saturated carbocycles. The molecule has 8 aromatic carbocycles. The molecule has 0 saturated heterocycles. The summed E-state index contributed by atoms with van der Waals surface area (Å²) in [6.45, 7) is 27.3. The molecule has 334 valence electrons. The highest BCUT2D eigenvalue weighted by atomic mass is 31.2. The third-order valence-electron chi connectivity index (χ3n) is 13.1. The second-order valence-electron chi connectivity index (χ2n) is 22.0. The quantitative estimate of drug-likeness (QED) is 0.161. The van der Waals surface area contributed by atoms with Crippen LogP contribution in [0.5, 0.6) is 23.0 Å². The number of hydrogen-bond donors (Lipinski definition) is 0. The van der Waals surface area contributed by atoms with Crippen molar-refractivity contribution in [3.8, 4) is 56.4 Å². The molecule has 0 aliphatic carbocycles. The van der Waals surface area contributed by atoms with E-state index in [2.05, 4.69) is 229 Å². The van der Waals surface area contributed by atoms with Gasteiger partial charge in [-0.1, -0.05) is 192 Å². The summed E-state index contributed by atoms with van der Waals surface area (Å²) in [4.78, 5) is 0. The maximum absolute atomic E-state index is 7.45. The lowest BCUT2D eigenvalue weighted by Crippen LogP contribution is -2.23. The van der Waals surface area contributed by atoms with Crippen LogP contribution >= 0.6 is 16.8 Å². The van der Waals surface area contributed by atoms with Gasteiger partial charge in [0.25, 0.3) is 0 Å². The van der Waals surface area contributed by atoms with Crippen LogP contribution in [0.25, 0.3) is 54.9 Å². The minimum Gasteiger partial charge on any atom is -0.435 e. The number of fused-ring (bicyclic) bond motifs is 8. The van der Waals surface area contributed by atoms with Gasteiger partial charge in [-0.25, -0.2) is 0 Å². The summed E-state index contributed by atoms with van der Waals surface area (Å²) in [6, 6.07) is 52.3. The lowest BCUT2D eigenvalue weighted by Gasteiger charge is -2.35. The van der Waals surface area contributed by atoms with E-state index in [1.54, 1.807) is 0 Å². The van der Waals surface area contributed by atoms with Crippen molar-refractivity contribution in [1.82, 2.24) is 0 Å². The van der Waals surface area contributed by atoms with Crippen molar-refractivity contribution in [2.45, 2.75) is 105 Å². The number of rotatable bonds is 5. The molecule has 10 rings (SSSR count). The molecule has 4 nitrogen and oxygen atoms in total. The molecular weight excluding hydrogens is 847 g/mol. The van der Waals surface area contributed by atoms with Crippen LogP contribution in [-0.2, 0) is 21.7 Å². The average molecular weight is 907 g/mol. The molecule has 2 aliphatic heterocycles. The first kappa shape index (κ1) is 44.2. The molecule has 0 N–H and O–H groups in total. The molecule has 66 heavy (non-hydrogen) atoms. The van der Waals surface area contributed by atoms with Gasteiger partial charge in [0.2, 0.25) is 0 Å². The van der Waals surface area contributed by atoms with E-state index < -0.39 is 16.8 Å². The zero-order valence-corrected chi connectivity index (χ0v) is 42.2. The van der Waals surface area contributed by atoms with Crippen LogP contribution in [0.3, 0.4) is 0 Å². The Morgan fingerprint density at radius 3 is 1.11 bits per heavy atom. The Labute approximate surface area is 394 Å². The van der Waals surface area contributed by atoms with E-state index in [1.165, 1.54) is 22.3 Å². The number of hydrogen-bond acceptors (Lipinski definition) is 4. The van der Waals surface area contributed by atoms with Gasteiger partial charge in [-0.2, -0.15) is 0 Å². The zero-order valence-electron chi connectivity index (χ0n) is 40.4. The number of benzene rings is 8. The monoisotopic (exact) mass is 906 g/mol. The van der Waals surface area contributed by atoms with Gasteiger partial charge in [0.15, 0.2) is 0 Å². The summed E-state index contributed by atoms with van der Waals surface area (Å²) in [5.41, 5.74) is 11.0. The molecule has 2 unspecified atom stereocenters. The molecule has 6 heteroatoms. The molecule has 0 aromatic heterocycles. The fourth-order valence-corrected chi connectivity index (χ4v) is 12.4. The average Bonchev–Trinajstić information content (AvgIpc) is 3.27. The Morgan fingerprint density at radius 2 is 0.727 bits per heavy atom. The Balaban J connectivity index is 1.15. The molecule has 0 fully saturated rings. The lowest BCUT2D eigenvalue weighted by atomic mass is 9.78. The Bertz CT molecular complexity index is 2990. The van der Waals surface area contributed by atoms with E-state index in [1.807, 2.05) is 0 Å². The Hall–Kier alpha value is -5.66. The van der Waals surface area contributed by atoms with Gasteiger partial charge in [-0.15, -0.1) is 0 Å². The highest BCUT2D eigenvalue weighted by Crippen LogP contribution is 2.59. The van der Waals surface area contributed by atoms with E-state index >= 15 is 0 Å². The topological polar surface area (TPSA) is 36.9 Å². The fraction of sp³-hybridized carbons (Fsp3) is 0.267. The zero-order chi connectivity index (χ0) is 46.5. The molecule has 8 aromatic rings. The highest BCUT2D eigenvalue weighted by Gasteiger charge is 2.38. The minimum absolute atomic E-state index is 0.0407. The van der Waals surface area contributed by atoms with E-state index in [-0.39, 0.29) is 21.7 Å². The van der Waals surface area contributed by atoms with Gasteiger partial charge in [-0.05, 0) is 102 Å². The van der Waals surface area contributed by atoms with Crippen molar-refractivity contribution in [2.24, 2.45) is 0 Å². The lowest BCUT2D eigenvalue weighted by molar-refractivity contribution is 0.476. The van der Waals surface area contributed by atoms with Crippen molar-refractivity contribution in [1.29, 1.82) is 0 Å². The summed E-state index contributed by atoms with van der Waals surface area (Å²) in [6.07, 6.45) is 0. The Morgan fingerprint density at radius 1 is 0.364 bits per heavy atom. The van der Waals surface area contributed by atoms with Crippen LogP contribution < -0.4 is 28.7 Å². The van der Waals surface area contributed by atoms with Crippen molar-refractivity contribution in [3.63, 3.8) is 0 Å². The molecule has 0 bridgehead atoms. The second kappa shape index (κ2) is 16.0. The molecule has 0 amide bonds. The van der Waals surface area contributed by atoms with Crippen LogP contribution in [0.1, 0.15) is 105 Å². The summed E-state index contributed by atoms with van der Waals surface area (Å²) < 4.78 is 29.4. The first-order valence-corrected chi connectivity index (χ1v) is 25.5. The summed E-state index contributed by atoms with van der Waals surface area (Å²) in [5, 5.41) is 6.45. The Kier molecular flexibility index (Phi) is 10.7. The fourth-order valence-electron chi connectivity index (χ4n) is 9.31. The summed E-state index contributed by atoms with van der Waals surface area (Å²) in [5.74, 6) is 3.26. The van der Waals surface area contributed by atoms with Gasteiger partial charge >= 0.3 is 16.8 Å². The molecule has 2 atom stereocenters. The van der Waals surface area contributed by atoms with Crippen LogP contribution in [0.4, 0.5) is 0 Å². The SMILES string of the molecule is CC(C)(C)c1cc2c(c(C(C)(C)C)c1)OP(Oc1ccc3ccccc3c1-c1c(OP3Oc4c(cc(C(C)(C)C)cc4C(C)(C)C)-c4ccccc43)ccc3ccccc13)c1ccccc1-2. The molecular formula is C60H60O4P2. The van der Waals surface area contributed by atoms with Crippen LogP contribution in [0.2, 0.25) is 0 Å². The van der Waals surface area contributed by atoms with Gasteiger partial charge in [-0.3, -0.25) is 0 Å². The third kappa shape index (κ3) is 7.85. The second-order valence-corrected chi connectivity index (χ2v) is 24.8. The molecule has 2 aliphatic rings. The van der Waals surface area contributed by atoms with Gasteiger partial charge in [0.05, 0.1) is 10.6 Å². The van der Waals surface area contributed by atoms with E-state index in [4.69, 9.17) is 18.1 Å². The van der Waals surface area contributed by atoms with Gasteiger partial charge in [0.1, 0.15) is 23.0 Å². The minimum atomic E-state index is -1.63. The summed E-state index contributed by atoms with van der Waals surface area (Å²) >= 11 is 0. The predicted molar refractivity (Wildman–Crippen MR) is 281 cm³/mol. The maximum atomic E-state index is 7.45.